The van der Waals surface area contributed by atoms with Crippen LogP contribution in [0.5, 0.6) is 0 Å². The number of rotatable bonds is 1. The van der Waals surface area contributed by atoms with Crippen LogP contribution in [0.4, 0.5) is 9.59 Å². The number of amides is 2. The van der Waals surface area contributed by atoms with Gasteiger partial charge >= 0.3 is 12.2 Å². The van der Waals surface area contributed by atoms with Crippen molar-refractivity contribution in [3.05, 3.63) is 0 Å². The minimum absolute atomic E-state index is 0.000753. The lowest BCUT2D eigenvalue weighted by Crippen LogP contribution is -2.53. The first kappa shape index (κ1) is 14.6. The third kappa shape index (κ3) is 4.43. The van der Waals surface area contributed by atoms with E-state index in [9.17, 15) is 9.59 Å². The van der Waals surface area contributed by atoms with Crippen LogP contribution in [0.1, 0.15) is 40.5 Å². The highest BCUT2D eigenvalue weighted by atomic mass is 16.6. The van der Waals surface area contributed by atoms with Gasteiger partial charge in [0, 0.05) is 18.6 Å². The number of alkyl carbamates (subject to hydrolysis) is 1. The first-order valence-electron chi connectivity index (χ1n) is 6.18. The Morgan fingerprint density at radius 2 is 1.94 bits per heavy atom. The molecule has 1 rings (SSSR count). The lowest BCUT2D eigenvalue weighted by atomic mass is 10.00. The minimum atomic E-state index is -0.946. The van der Waals surface area contributed by atoms with Gasteiger partial charge in [-0.2, -0.15) is 0 Å². The maximum absolute atomic E-state index is 11.6. The van der Waals surface area contributed by atoms with Gasteiger partial charge in [0.15, 0.2) is 0 Å². The standard InChI is InChI=1S/C12H22N2O4/c1-8-5-6-9(7-14(8)11(16)17)13-10(15)18-12(2,3)4/h8-9H,5-7H2,1-4H3,(H,13,15)(H,16,17)/t8-,9+/m0/s1. The molecule has 18 heavy (non-hydrogen) atoms. The van der Waals surface area contributed by atoms with Crippen LogP contribution in [-0.2, 0) is 4.74 Å². The van der Waals surface area contributed by atoms with Crippen molar-refractivity contribution in [3.8, 4) is 0 Å². The van der Waals surface area contributed by atoms with Crippen LogP contribution in [0.2, 0.25) is 0 Å². The Morgan fingerprint density at radius 3 is 2.44 bits per heavy atom. The lowest BCUT2D eigenvalue weighted by Gasteiger charge is -2.36. The van der Waals surface area contributed by atoms with Crippen LogP contribution in [0.3, 0.4) is 0 Å². The van der Waals surface area contributed by atoms with Gasteiger partial charge in [-0.15, -0.1) is 0 Å². The molecule has 1 heterocycles. The number of carboxylic acid groups (broad SMARTS) is 1. The summed E-state index contributed by atoms with van der Waals surface area (Å²) >= 11 is 0. The molecule has 104 valence electrons. The third-order valence-corrected chi connectivity index (χ3v) is 2.85. The summed E-state index contributed by atoms with van der Waals surface area (Å²) in [6, 6.07) is -0.175. The predicted octanol–water partition coefficient (Wildman–Crippen LogP) is 2.04. The molecule has 1 saturated heterocycles. The molecule has 0 aliphatic carbocycles. The second-order valence-corrected chi connectivity index (χ2v) is 5.70. The van der Waals surface area contributed by atoms with Crippen molar-refractivity contribution in [2.45, 2.75) is 58.2 Å². The summed E-state index contributed by atoms with van der Waals surface area (Å²) in [6.07, 6.45) is 0.0716. The average molecular weight is 258 g/mol. The fourth-order valence-corrected chi connectivity index (χ4v) is 1.97. The first-order valence-corrected chi connectivity index (χ1v) is 6.18. The van der Waals surface area contributed by atoms with E-state index in [4.69, 9.17) is 9.84 Å². The topological polar surface area (TPSA) is 78.9 Å². The van der Waals surface area contributed by atoms with Crippen molar-refractivity contribution in [2.24, 2.45) is 0 Å². The quantitative estimate of drug-likeness (QED) is 0.754. The maximum Gasteiger partial charge on any atom is 0.407 e. The van der Waals surface area contributed by atoms with E-state index < -0.39 is 17.8 Å². The Kier molecular flexibility index (Phi) is 4.43. The molecule has 1 aliphatic heterocycles. The van der Waals surface area contributed by atoms with Crippen LogP contribution in [0.15, 0.2) is 0 Å². The Bertz CT molecular complexity index is 325. The third-order valence-electron chi connectivity index (χ3n) is 2.85. The Hall–Kier alpha value is -1.46. The van der Waals surface area contributed by atoms with Gasteiger partial charge in [-0.05, 0) is 40.5 Å². The molecule has 6 heteroatoms. The second kappa shape index (κ2) is 5.46. The molecule has 1 fully saturated rings. The molecule has 0 spiro atoms. The molecular formula is C12H22N2O4. The van der Waals surface area contributed by atoms with Crippen LogP contribution in [0.25, 0.3) is 0 Å². The summed E-state index contributed by atoms with van der Waals surface area (Å²) in [6.45, 7) is 7.56. The summed E-state index contributed by atoms with van der Waals surface area (Å²) in [4.78, 5) is 23.9. The van der Waals surface area contributed by atoms with E-state index >= 15 is 0 Å². The molecule has 0 saturated carbocycles. The van der Waals surface area contributed by atoms with Gasteiger partial charge in [0.2, 0.25) is 0 Å². The molecule has 0 bridgehead atoms. The number of nitrogens with one attached hydrogen (secondary N) is 1. The zero-order chi connectivity index (χ0) is 13.9. The van der Waals surface area contributed by atoms with Gasteiger partial charge in [0.05, 0.1) is 0 Å². The van der Waals surface area contributed by atoms with Gasteiger partial charge in [0.25, 0.3) is 0 Å². The van der Waals surface area contributed by atoms with Crippen LogP contribution in [0, 0.1) is 0 Å². The van der Waals surface area contributed by atoms with Crippen molar-refractivity contribution in [3.63, 3.8) is 0 Å². The maximum atomic E-state index is 11.6. The molecule has 2 N–H and O–H groups in total. The fourth-order valence-electron chi connectivity index (χ4n) is 1.97. The number of carbonyl (C=O) groups excluding carboxylic acids is 1. The van der Waals surface area contributed by atoms with Gasteiger partial charge in [-0.1, -0.05) is 0 Å². The zero-order valence-corrected chi connectivity index (χ0v) is 11.4. The summed E-state index contributed by atoms with van der Waals surface area (Å²) in [5.74, 6) is 0. The highest BCUT2D eigenvalue weighted by Gasteiger charge is 2.30. The van der Waals surface area contributed by atoms with Crippen LogP contribution in [-0.4, -0.2) is 46.4 Å². The molecule has 2 amide bonds. The van der Waals surface area contributed by atoms with Crippen molar-refractivity contribution in [1.29, 1.82) is 0 Å². The number of ether oxygens (including phenoxy) is 1. The van der Waals surface area contributed by atoms with Crippen molar-refractivity contribution < 1.29 is 19.4 Å². The molecule has 6 nitrogen and oxygen atoms in total. The normalized spacial score (nSPS) is 24.6. The number of hydrogen-bond donors (Lipinski definition) is 2. The van der Waals surface area contributed by atoms with Crippen molar-refractivity contribution in [1.82, 2.24) is 10.2 Å². The fraction of sp³-hybridized carbons (Fsp3) is 0.833. The van der Waals surface area contributed by atoms with Crippen LogP contribution >= 0.6 is 0 Å². The van der Waals surface area contributed by atoms with E-state index in [2.05, 4.69) is 5.32 Å². The number of piperidine rings is 1. The number of carbonyl (C=O) groups is 2. The van der Waals surface area contributed by atoms with Gasteiger partial charge in [-0.3, -0.25) is 0 Å². The van der Waals surface area contributed by atoms with E-state index in [0.717, 1.165) is 12.8 Å². The van der Waals surface area contributed by atoms with E-state index in [1.54, 1.807) is 20.8 Å². The first-order chi connectivity index (χ1) is 8.19. The number of hydrogen-bond acceptors (Lipinski definition) is 3. The van der Waals surface area contributed by atoms with E-state index in [-0.39, 0.29) is 12.1 Å². The molecule has 0 aromatic heterocycles. The smallest absolute Gasteiger partial charge is 0.407 e. The van der Waals surface area contributed by atoms with E-state index in [1.165, 1.54) is 4.90 Å². The molecule has 0 aromatic carbocycles. The monoisotopic (exact) mass is 258 g/mol. The number of nitrogens with zero attached hydrogens (tertiary/aromatic N) is 1. The predicted molar refractivity (Wildman–Crippen MR) is 66.6 cm³/mol. The van der Waals surface area contributed by atoms with Crippen molar-refractivity contribution >= 4 is 12.2 Å². The molecule has 0 aromatic rings. The minimum Gasteiger partial charge on any atom is -0.465 e. The molecular weight excluding hydrogens is 236 g/mol. The highest BCUT2D eigenvalue weighted by Crippen LogP contribution is 2.17. The van der Waals surface area contributed by atoms with E-state index in [1.807, 2.05) is 6.92 Å². The molecule has 0 unspecified atom stereocenters. The molecule has 2 atom stereocenters. The zero-order valence-electron chi connectivity index (χ0n) is 11.4. The number of likely N-dealkylation sites (tertiary alicyclic amines) is 1. The Labute approximate surface area is 107 Å². The van der Waals surface area contributed by atoms with E-state index in [0.29, 0.717) is 6.54 Å². The SMILES string of the molecule is C[C@H]1CC[C@@H](NC(=O)OC(C)(C)C)CN1C(=O)O. The van der Waals surface area contributed by atoms with Crippen LogP contribution < -0.4 is 5.32 Å². The van der Waals surface area contributed by atoms with Gasteiger partial charge in [0.1, 0.15) is 5.60 Å². The summed E-state index contributed by atoms with van der Waals surface area (Å²) in [5.41, 5.74) is -0.543. The molecule has 0 radical (unpaired) electrons. The summed E-state index contributed by atoms with van der Waals surface area (Å²) < 4.78 is 5.15. The Morgan fingerprint density at radius 1 is 1.33 bits per heavy atom. The summed E-state index contributed by atoms with van der Waals surface area (Å²) in [5, 5.41) is 11.7. The Balaban J connectivity index is 2.49. The second-order valence-electron chi connectivity index (χ2n) is 5.70. The lowest BCUT2D eigenvalue weighted by molar-refractivity contribution is 0.0445. The molecule has 1 aliphatic rings. The van der Waals surface area contributed by atoms with Gasteiger partial charge in [-0.25, -0.2) is 9.59 Å². The average Bonchev–Trinajstić information content (AvgIpc) is 2.17. The van der Waals surface area contributed by atoms with Gasteiger partial charge < -0.3 is 20.1 Å². The highest BCUT2D eigenvalue weighted by molar-refractivity contribution is 5.69. The van der Waals surface area contributed by atoms with Crippen molar-refractivity contribution in [2.75, 3.05) is 6.54 Å². The summed E-state index contributed by atoms with van der Waals surface area (Å²) in [7, 11) is 0. The largest absolute Gasteiger partial charge is 0.465 e.